The van der Waals surface area contributed by atoms with Crippen molar-refractivity contribution in [2.24, 2.45) is 11.3 Å². The van der Waals surface area contributed by atoms with Crippen LogP contribution in [0, 0.1) is 11.3 Å². The molecule has 1 spiro atoms. The average molecular weight is 457 g/mol. The van der Waals surface area contributed by atoms with E-state index in [0.717, 1.165) is 25.4 Å². The van der Waals surface area contributed by atoms with Crippen molar-refractivity contribution in [2.45, 2.75) is 63.6 Å². The van der Waals surface area contributed by atoms with Crippen LogP contribution >= 0.6 is 24.8 Å². The Labute approximate surface area is 193 Å². The van der Waals surface area contributed by atoms with Crippen LogP contribution in [0.3, 0.4) is 0 Å². The summed E-state index contributed by atoms with van der Waals surface area (Å²) in [7, 11) is 0. The molecule has 3 aliphatic rings. The average Bonchev–Trinajstić information content (AvgIpc) is 3.46. The molecule has 170 valence electrons. The fraction of sp³-hybridized carbons (Fsp3) is 0.667. The van der Waals surface area contributed by atoms with Gasteiger partial charge in [-0.2, -0.15) is 0 Å². The van der Waals surface area contributed by atoms with E-state index in [-0.39, 0.29) is 31.4 Å². The van der Waals surface area contributed by atoms with Gasteiger partial charge in [-0.25, -0.2) is 0 Å². The maximum absolute atomic E-state index is 9.64. The van der Waals surface area contributed by atoms with Crippen LogP contribution < -0.4 is 5.32 Å². The van der Waals surface area contributed by atoms with Gasteiger partial charge in [0.05, 0.1) is 12.7 Å². The number of piperidine rings is 1. The molecule has 3 fully saturated rings. The molecule has 6 heteroatoms. The van der Waals surface area contributed by atoms with Gasteiger partial charge in [-0.1, -0.05) is 48.9 Å². The van der Waals surface area contributed by atoms with Crippen molar-refractivity contribution in [3.05, 3.63) is 41.5 Å². The standard InChI is InChI=1S/C24H36N2O2.2ClH/c1-2-19(12-18-6-4-3-5-7-18)22-13-23(22)25-20-14-24(15-20)8-10-26(11-9-24)16-21(28)17-27;;/h3-7,12,20-23,25,27-28H,2,8-11,13-17H2,1H3;2*1H/b19-12+;;/t21-,22+,23-;;/m0../s1. The first-order valence-electron chi connectivity index (χ1n) is 11.1. The molecule has 0 radical (unpaired) electrons. The lowest BCUT2D eigenvalue weighted by Gasteiger charge is -2.53. The number of halogens is 2. The van der Waals surface area contributed by atoms with Crippen molar-refractivity contribution >= 4 is 30.9 Å². The zero-order valence-electron chi connectivity index (χ0n) is 18.0. The van der Waals surface area contributed by atoms with E-state index in [1.807, 2.05) is 0 Å². The Morgan fingerprint density at radius 3 is 2.47 bits per heavy atom. The number of aliphatic hydroxyl groups excluding tert-OH is 2. The molecular formula is C24H38Cl2N2O2. The van der Waals surface area contributed by atoms with Crippen molar-refractivity contribution in [1.29, 1.82) is 0 Å². The lowest BCUT2D eigenvalue weighted by molar-refractivity contribution is -0.0145. The van der Waals surface area contributed by atoms with E-state index in [2.05, 4.69) is 53.5 Å². The zero-order chi connectivity index (χ0) is 19.6. The number of nitrogens with one attached hydrogen (secondary N) is 1. The van der Waals surface area contributed by atoms with Crippen LogP contribution in [0.15, 0.2) is 35.9 Å². The third-order valence-electron chi connectivity index (χ3n) is 7.23. The summed E-state index contributed by atoms with van der Waals surface area (Å²) in [5, 5.41) is 22.6. The van der Waals surface area contributed by atoms with Gasteiger partial charge in [0.25, 0.3) is 0 Å². The maximum Gasteiger partial charge on any atom is 0.0897 e. The summed E-state index contributed by atoms with van der Waals surface area (Å²) in [6, 6.07) is 12.1. The number of hydrogen-bond acceptors (Lipinski definition) is 4. The first-order chi connectivity index (χ1) is 13.6. The Hall–Kier alpha value is -0.620. The SMILES string of the molecule is CC/C(=C\c1ccccc1)[C@H]1C[C@@H]1NC1CC2(CCN(C[C@H](O)CO)CC2)C1.Cl.Cl. The van der Waals surface area contributed by atoms with Gasteiger partial charge in [-0.15, -0.1) is 24.8 Å². The molecule has 0 aromatic heterocycles. The quantitative estimate of drug-likeness (QED) is 0.554. The summed E-state index contributed by atoms with van der Waals surface area (Å²) >= 11 is 0. The third-order valence-corrected chi connectivity index (χ3v) is 7.23. The fourth-order valence-electron chi connectivity index (χ4n) is 5.40. The zero-order valence-corrected chi connectivity index (χ0v) is 19.6. The second-order valence-corrected chi connectivity index (χ2v) is 9.34. The third kappa shape index (κ3) is 6.21. The van der Waals surface area contributed by atoms with E-state index in [1.165, 1.54) is 37.7 Å². The van der Waals surface area contributed by atoms with E-state index in [4.69, 9.17) is 5.11 Å². The maximum atomic E-state index is 9.64. The highest BCUT2D eigenvalue weighted by atomic mass is 35.5. The summed E-state index contributed by atoms with van der Waals surface area (Å²) in [4.78, 5) is 2.31. The minimum atomic E-state index is -0.589. The number of hydrogen-bond donors (Lipinski definition) is 3. The molecular weight excluding hydrogens is 419 g/mol. The lowest BCUT2D eigenvalue weighted by Crippen LogP contribution is -2.55. The number of likely N-dealkylation sites (tertiary alicyclic amines) is 1. The van der Waals surface area contributed by atoms with Crippen molar-refractivity contribution in [1.82, 2.24) is 10.2 Å². The van der Waals surface area contributed by atoms with Crippen LogP contribution in [0.4, 0.5) is 0 Å². The van der Waals surface area contributed by atoms with Crippen LogP contribution in [0.2, 0.25) is 0 Å². The van der Waals surface area contributed by atoms with E-state index in [1.54, 1.807) is 5.57 Å². The minimum Gasteiger partial charge on any atom is -0.394 e. The molecule has 1 aliphatic heterocycles. The summed E-state index contributed by atoms with van der Waals surface area (Å²) in [6.45, 7) is 4.90. The first-order valence-corrected chi connectivity index (χ1v) is 11.1. The van der Waals surface area contributed by atoms with Crippen molar-refractivity contribution in [3.8, 4) is 0 Å². The molecule has 4 nitrogen and oxygen atoms in total. The van der Waals surface area contributed by atoms with Crippen molar-refractivity contribution in [3.63, 3.8) is 0 Å². The number of β-amino-alcohol motifs (C(OH)–C–C–N with tert-alkyl or cyclic N) is 1. The number of aliphatic hydroxyl groups is 2. The summed E-state index contributed by atoms with van der Waals surface area (Å²) in [6.07, 6.45) is 9.35. The Morgan fingerprint density at radius 2 is 1.87 bits per heavy atom. The van der Waals surface area contributed by atoms with E-state index in [0.29, 0.717) is 24.0 Å². The highest BCUT2D eigenvalue weighted by Crippen LogP contribution is 2.51. The molecule has 0 bridgehead atoms. The normalized spacial score (nSPS) is 27.0. The molecule has 1 aromatic rings. The number of rotatable bonds is 8. The van der Waals surface area contributed by atoms with Gasteiger partial charge in [0.2, 0.25) is 0 Å². The Bertz CT molecular complexity index is 669. The minimum absolute atomic E-state index is 0. The molecule has 0 unspecified atom stereocenters. The smallest absolute Gasteiger partial charge is 0.0897 e. The molecule has 3 atom stereocenters. The largest absolute Gasteiger partial charge is 0.394 e. The molecule has 2 aliphatic carbocycles. The Balaban J connectivity index is 0.00000160. The fourth-order valence-corrected chi connectivity index (χ4v) is 5.40. The predicted octanol–water partition coefficient (Wildman–Crippen LogP) is 3.90. The van der Waals surface area contributed by atoms with E-state index in [9.17, 15) is 5.11 Å². The second-order valence-electron chi connectivity index (χ2n) is 9.34. The highest BCUT2D eigenvalue weighted by molar-refractivity contribution is 5.85. The molecule has 1 saturated heterocycles. The molecule has 1 heterocycles. The van der Waals surface area contributed by atoms with Crippen LogP contribution in [-0.2, 0) is 0 Å². The summed E-state index contributed by atoms with van der Waals surface area (Å²) in [5.41, 5.74) is 3.45. The first kappa shape index (κ1) is 25.6. The number of nitrogens with zero attached hydrogens (tertiary/aromatic N) is 1. The lowest BCUT2D eigenvalue weighted by atomic mass is 9.60. The molecule has 0 amide bonds. The van der Waals surface area contributed by atoms with Crippen LogP contribution in [0.25, 0.3) is 6.08 Å². The molecule has 1 aromatic carbocycles. The predicted molar refractivity (Wildman–Crippen MR) is 128 cm³/mol. The van der Waals surface area contributed by atoms with Crippen molar-refractivity contribution in [2.75, 3.05) is 26.2 Å². The van der Waals surface area contributed by atoms with Crippen LogP contribution in [0.1, 0.15) is 51.0 Å². The second kappa shape index (κ2) is 11.3. The van der Waals surface area contributed by atoms with Gasteiger partial charge in [-0.05, 0) is 68.5 Å². The molecule has 2 saturated carbocycles. The van der Waals surface area contributed by atoms with Gasteiger partial charge >= 0.3 is 0 Å². The van der Waals surface area contributed by atoms with Gasteiger partial charge in [0, 0.05) is 18.6 Å². The summed E-state index contributed by atoms with van der Waals surface area (Å²) in [5.74, 6) is 0.726. The molecule has 4 rings (SSSR count). The Morgan fingerprint density at radius 1 is 1.20 bits per heavy atom. The monoisotopic (exact) mass is 456 g/mol. The Kier molecular flexibility index (Phi) is 9.66. The van der Waals surface area contributed by atoms with Gasteiger partial charge in [-0.3, -0.25) is 0 Å². The van der Waals surface area contributed by atoms with Gasteiger partial charge < -0.3 is 20.4 Å². The van der Waals surface area contributed by atoms with Crippen molar-refractivity contribution < 1.29 is 10.2 Å². The van der Waals surface area contributed by atoms with Gasteiger partial charge in [0.1, 0.15) is 0 Å². The van der Waals surface area contributed by atoms with E-state index < -0.39 is 6.10 Å². The highest BCUT2D eigenvalue weighted by Gasteiger charge is 2.49. The molecule has 3 N–H and O–H groups in total. The molecule has 30 heavy (non-hydrogen) atoms. The topological polar surface area (TPSA) is 55.7 Å². The summed E-state index contributed by atoms with van der Waals surface area (Å²) < 4.78 is 0. The van der Waals surface area contributed by atoms with E-state index >= 15 is 0 Å². The number of benzene rings is 1. The van der Waals surface area contributed by atoms with Gasteiger partial charge in [0.15, 0.2) is 0 Å². The van der Waals surface area contributed by atoms with Crippen LogP contribution in [-0.4, -0.2) is 59.5 Å². The van der Waals surface area contributed by atoms with Crippen LogP contribution in [0.5, 0.6) is 0 Å².